The molecule has 0 aromatic carbocycles. The molecule has 3 N–H and O–H groups in total. The van der Waals surface area contributed by atoms with E-state index in [1.165, 1.54) is 51.4 Å². The van der Waals surface area contributed by atoms with Crippen molar-refractivity contribution in [3.8, 4) is 0 Å². The molecule has 90 valence electrons. The van der Waals surface area contributed by atoms with Crippen LogP contribution in [0.1, 0.15) is 64.2 Å². The third-order valence-electron chi connectivity index (χ3n) is 2.67. The average Bonchev–Trinajstić information content (AvgIpc) is 2.20. The standard InChI is InChI=1S/C13H27NO/c1-13(15)11-9-7-5-3-2-4-6-8-10-12-14/h15H,1-12,14H2. The van der Waals surface area contributed by atoms with E-state index in [1.807, 2.05) is 0 Å². The number of nitrogens with two attached hydrogens (primary N) is 1. The zero-order valence-corrected chi connectivity index (χ0v) is 10.0. The summed E-state index contributed by atoms with van der Waals surface area (Å²) in [4.78, 5) is 0. The molecule has 15 heavy (non-hydrogen) atoms. The lowest BCUT2D eigenvalue weighted by atomic mass is 10.1. The quantitative estimate of drug-likeness (QED) is 0.403. The second-order valence-electron chi connectivity index (χ2n) is 4.29. The Bertz CT molecular complexity index is 145. The van der Waals surface area contributed by atoms with E-state index in [0.29, 0.717) is 5.76 Å². The van der Waals surface area contributed by atoms with Crippen LogP contribution in [0.3, 0.4) is 0 Å². The first-order valence-corrected chi connectivity index (χ1v) is 6.34. The van der Waals surface area contributed by atoms with Crippen LogP contribution in [0.5, 0.6) is 0 Å². The van der Waals surface area contributed by atoms with Crippen LogP contribution in [0.15, 0.2) is 12.3 Å². The fourth-order valence-electron chi connectivity index (χ4n) is 1.71. The van der Waals surface area contributed by atoms with Crippen LogP contribution in [0, 0.1) is 0 Å². The molecule has 0 saturated heterocycles. The second-order valence-corrected chi connectivity index (χ2v) is 4.29. The molecular weight excluding hydrogens is 186 g/mol. The van der Waals surface area contributed by atoms with Crippen molar-refractivity contribution in [3.63, 3.8) is 0 Å². The molecule has 0 atom stereocenters. The fraction of sp³-hybridized carbons (Fsp3) is 0.846. The Hall–Kier alpha value is -0.500. The Morgan fingerprint density at radius 2 is 1.20 bits per heavy atom. The van der Waals surface area contributed by atoms with Crippen LogP contribution in [0.2, 0.25) is 0 Å². The summed E-state index contributed by atoms with van der Waals surface area (Å²) in [6.45, 7) is 4.31. The molecule has 0 saturated carbocycles. The first-order chi connectivity index (χ1) is 7.27. The highest BCUT2D eigenvalue weighted by atomic mass is 16.3. The maximum atomic E-state index is 8.87. The predicted octanol–water partition coefficient (Wildman–Crippen LogP) is 3.92. The van der Waals surface area contributed by atoms with Gasteiger partial charge in [0.15, 0.2) is 0 Å². The van der Waals surface area contributed by atoms with Crippen molar-refractivity contribution in [2.45, 2.75) is 64.2 Å². The van der Waals surface area contributed by atoms with Gasteiger partial charge >= 0.3 is 0 Å². The smallest absolute Gasteiger partial charge is 0.0851 e. The summed E-state index contributed by atoms with van der Waals surface area (Å²) in [5.41, 5.74) is 5.42. The molecule has 0 radical (unpaired) electrons. The number of rotatable bonds is 11. The van der Waals surface area contributed by atoms with Crippen LogP contribution in [0.25, 0.3) is 0 Å². The van der Waals surface area contributed by atoms with Crippen molar-refractivity contribution in [2.24, 2.45) is 5.73 Å². The third kappa shape index (κ3) is 13.5. The van der Waals surface area contributed by atoms with Gasteiger partial charge in [-0.25, -0.2) is 0 Å². The van der Waals surface area contributed by atoms with Gasteiger partial charge in [-0.3, -0.25) is 0 Å². The fourth-order valence-corrected chi connectivity index (χ4v) is 1.71. The molecule has 0 fully saturated rings. The summed E-state index contributed by atoms with van der Waals surface area (Å²) < 4.78 is 0. The van der Waals surface area contributed by atoms with Crippen LogP contribution in [-0.4, -0.2) is 11.7 Å². The van der Waals surface area contributed by atoms with Crippen LogP contribution in [0.4, 0.5) is 0 Å². The molecule has 0 aliphatic rings. The van der Waals surface area contributed by atoms with E-state index in [4.69, 9.17) is 10.8 Å². The van der Waals surface area contributed by atoms with E-state index >= 15 is 0 Å². The van der Waals surface area contributed by atoms with Crippen molar-refractivity contribution in [2.75, 3.05) is 6.54 Å². The van der Waals surface area contributed by atoms with Gasteiger partial charge in [-0.15, -0.1) is 0 Å². The first-order valence-electron chi connectivity index (χ1n) is 6.34. The molecule has 0 amide bonds. The molecule has 0 rings (SSSR count). The predicted molar refractivity (Wildman–Crippen MR) is 67.0 cm³/mol. The number of hydrogen-bond donors (Lipinski definition) is 2. The first kappa shape index (κ1) is 14.5. The number of unbranched alkanes of at least 4 members (excludes halogenated alkanes) is 8. The van der Waals surface area contributed by atoms with E-state index in [0.717, 1.165) is 19.4 Å². The van der Waals surface area contributed by atoms with Gasteiger partial charge in [0.1, 0.15) is 0 Å². The highest BCUT2D eigenvalue weighted by Gasteiger charge is 1.93. The monoisotopic (exact) mass is 213 g/mol. The molecule has 0 unspecified atom stereocenters. The van der Waals surface area contributed by atoms with E-state index < -0.39 is 0 Å². The van der Waals surface area contributed by atoms with Crippen molar-refractivity contribution in [1.82, 2.24) is 0 Å². The summed E-state index contributed by atoms with van der Waals surface area (Å²) in [5, 5.41) is 8.87. The Kier molecular flexibility index (Phi) is 11.2. The average molecular weight is 213 g/mol. The summed E-state index contributed by atoms with van der Waals surface area (Å²) in [5.74, 6) is 0.330. The molecule has 0 aromatic heterocycles. The maximum Gasteiger partial charge on any atom is 0.0851 e. The number of aliphatic hydroxyl groups excluding tert-OH is 1. The topological polar surface area (TPSA) is 46.2 Å². The summed E-state index contributed by atoms with van der Waals surface area (Å²) >= 11 is 0. The van der Waals surface area contributed by atoms with Crippen LogP contribution in [-0.2, 0) is 0 Å². The van der Waals surface area contributed by atoms with Crippen LogP contribution >= 0.6 is 0 Å². The Morgan fingerprint density at radius 1 is 0.800 bits per heavy atom. The van der Waals surface area contributed by atoms with Gasteiger partial charge in [0.05, 0.1) is 5.76 Å². The molecule has 0 heterocycles. The van der Waals surface area contributed by atoms with Gasteiger partial charge in [-0.05, 0) is 19.4 Å². The minimum absolute atomic E-state index is 0.330. The largest absolute Gasteiger partial charge is 0.513 e. The molecule has 2 heteroatoms. The van der Waals surface area contributed by atoms with E-state index in [-0.39, 0.29) is 0 Å². The van der Waals surface area contributed by atoms with Crippen molar-refractivity contribution in [3.05, 3.63) is 12.3 Å². The highest BCUT2D eigenvalue weighted by Crippen LogP contribution is 2.11. The number of aliphatic hydroxyl groups is 1. The molecule has 0 aliphatic heterocycles. The summed E-state index contributed by atoms with van der Waals surface area (Å²) in [6.07, 6.45) is 12.2. The van der Waals surface area contributed by atoms with Gasteiger partial charge < -0.3 is 10.8 Å². The normalized spacial score (nSPS) is 10.5. The second kappa shape index (κ2) is 11.6. The zero-order valence-electron chi connectivity index (χ0n) is 10.0. The van der Waals surface area contributed by atoms with Crippen LogP contribution < -0.4 is 5.73 Å². The van der Waals surface area contributed by atoms with Crippen molar-refractivity contribution in [1.29, 1.82) is 0 Å². The summed E-state index contributed by atoms with van der Waals surface area (Å²) in [7, 11) is 0. The van der Waals surface area contributed by atoms with Crippen molar-refractivity contribution >= 4 is 0 Å². The lowest BCUT2D eigenvalue weighted by Crippen LogP contribution is -1.97. The van der Waals surface area contributed by atoms with Gasteiger partial charge in [0.2, 0.25) is 0 Å². The van der Waals surface area contributed by atoms with Gasteiger partial charge in [-0.1, -0.05) is 51.5 Å². The van der Waals surface area contributed by atoms with E-state index in [9.17, 15) is 0 Å². The minimum Gasteiger partial charge on any atom is -0.513 e. The SMILES string of the molecule is C=C(O)CCCCCCCCCCCN. The molecule has 0 aliphatic carbocycles. The highest BCUT2D eigenvalue weighted by molar-refractivity contribution is 4.77. The van der Waals surface area contributed by atoms with E-state index in [1.54, 1.807) is 0 Å². The van der Waals surface area contributed by atoms with Crippen molar-refractivity contribution < 1.29 is 5.11 Å². The maximum absolute atomic E-state index is 8.87. The zero-order chi connectivity index (χ0) is 11.4. The lowest BCUT2D eigenvalue weighted by Gasteiger charge is -2.01. The molecular formula is C13H27NO. The van der Waals surface area contributed by atoms with Gasteiger partial charge in [0.25, 0.3) is 0 Å². The van der Waals surface area contributed by atoms with E-state index in [2.05, 4.69) is 6.58 Å². The Balaban J connectivity index is 2.89. The Labute approximate surface area is 94.6 Å². The lowest BCUT2D eigenvalue weighted by molar-refractivity contribution is 0.383. The third-order valence-corrected chi connectivity index (χ3v) is 2.67. The summed E-state index contributed by atoms with van der Waals surface area (Å²) in [6, 6.07) is 0. The minimum atomic E-state index is 0.330. The van der Waals surface area contributed by atoms with Gasteiger partial charge in [-0.2, -0.15) is 0 Å². The molecule has 2 nitrogen and oxygen atoms in total. The number of allylic oxidation sites excluding steroid dienone is 1. The number of hydrogen-bond acceptors (Lipinski definition) is 2. The molecule has 0 spiro atoms. The van der Waals surface area contributed by atoms with Gasteiger partial charge in [0, 0.05) is 6.42 Å². The molecule has 0 bridgehead atoms. The molecule has 0 aromatic rings. The Morgan fingerprint density at radius 3 is 1.60 bits per heavy atom.